The van der Waals surface area contributed by atoms with Crippen LogP contribution in [0.5, 0.6) is 0 Å². The van der Waals surface area contributed by atoms with Gasteiger partial charge < -0.3 is 15.4 Å². The van der Waals surface area contributed by atoms with Crippen molar-refractivity contribution >= 4 is 46.8 Å². The Balaban J connectivity index is 1.58. The standard InChI is InChI=1S/C23H25Cl2N3O4/c1-23(2,3)32-22(31)26-10-5-11-28-20(29)15-9-8-14(12-16(15)21(28)30)27-13-17-18(24)6-4-7-19(17)25/h4,6-9,12,27H,5,10-11,13H2,1-3H3,(H,26,31). The minimum atomic E-state index is -0.588. The Morgan fingerprint density at radius 1 is 1.03 bits per heavy atom. The molecule has 9 heteroatoms. The summed E-state index contributed by atoms with van der Waals surface area (Å²) < 4.78 is 5.16. The third-order valence-electron chi connectivity index (χ3n) is 4.73. The van der Waals surface area contributed by atoms with E-state index in [4.69, 9.17) is 27.9 Å². The third-order valence-corrected chi connectivity index (χ3v) is 5.44. The fraction of sp³-hybridized carbons (Fsp3) is 0.348. The number of rotatable bonds is 7. The summed E-state index contributed by atoms with van der Waals surface area (Å²) in [5.74, 6) is -0.704. The van der Waals surface area contributed by atoms with Crippen LogP contribution in [0.2, 0.25) is 10.0 Å². The zero-order valence-corrected chi connectivity index (χ0v) is 19.6. The summed E-state index contributed by atoms with van der Waals surface area (Å²) in [4.78, 5) is 38.3. The first-order valence-electron chi connectivity index (χ1n) is 10.2. The van der Waals surface area contributed by atoms with Crippen molar-refractivity contribution < 1.29 is 19.1 Å². The maximum Gasteiger partial charge on any atom is 0.407 e. The molecule has 0 spiro atoms. The molecule has 2 aromatic rings. The summed E-state index contributed by atoms with van der Waals surface area (Å²) in [5.41, 5.74) is 1.53. The topological polar surface area (TPSA) is 87.7 Å². The predicted octanol–water partition coefficient (Wildman–Crippen LogP) is 5.12. The molecule has 0 fully saturated rings. The van der Waals surface area contributed by atoms with E-state index in [2.05, 4.69) is 10.6 Å². The third kappa shape index (κ3) is 5.72. The van der Waals surface area contributed by atoms with Gasteiger partial charge in [0.25, 0.3) is 11.8 Å². The van der Waals surface area contributed by atoms with Crippen LogP contribution < -0.4 is 10.6 Å². The summed E-state index contributed by atoms with van der Waals surface area (Å²) in [6.45, 7) is 6.18. The first kappa shape index (κ1) is 23.9. The molecule has 0 bridgehead atoms. The van der Waals surface area contributed by atoms with Gasteiger partial charge >= 0.3 is 6.09 Å². The highest BCUT2D eigenvalue weighted by atomic mass is 35.5. The van der Waals surface area contributed by atoms with E-state index in [1.54, 1.807) is 57.2 Å². The number of carbonyl (C=O) groups is 3. The molecule has 0 radical (unpaired) electrons. The van der Waals surface area contributed by atoms with Gasteiger partial charge in [0.15, 0.2) is 0 Å². The van der Waals surface area contributed by atoms with Crippen LogP contribution >= 0.6 is 23.2 Å². The molecule has 0 aromatic heterocycles. The van der Waals surface area contributed by atoms with Gasteiger partial charge in [0.2, 0.25) is 0 Å². The number of ether oxygens (including phenoxy) is 1. The molecule has 1 aliphatic rings. The van der Waals surface area contributed by atoms with Crippen LogP contribution in [0.4, 0.5) is 10.5 Å². The summed E-state index contributed by atoms with van der Waals surface area (Å²) >= 11 is 12.4. The summed E-state index contributed by atoms with van der Waals surface area (Å²) in [6.07, 6.45) is -0.116. The van der Waals surface area contributed by atoms with Gasteiger partial charge in [-0.15, -0.1) is 0 Å². The number of alkyl carbamates (subject to hydrolysis) is 1. The number of anilines is 1. The lowest BCUT2D eigenvalue weighted by molar-refractivity contribution is 0.0526. The molecular formula is C23H25Cl2N3O4. The molecule has 1 aliphatic heterocycles. The number of hydrogen-bond donors (Lipinski definition) is 2. The lowest BCUT2D eigenvalue weighted by Gasteiger charge is -2.20. The van der Waals surface area contributed by atoms with Gasteiger partial charge in [0, 0.05) is 40.9 Å². The molecule has 0 saturated carbocycles. The average molecular weight is 478 g/mol. The van der Waals surface area contributed by atoms with Gasteiger partial charge in [0.1, 0.15) is 5.60 Å². The zero-order chi connectivity index (χ0) is 23.5. The van der Waals surface area contributed by atoms with Gasteiger partial charge in [-0.25, -0.2) is 4.79 Å². The number of nitrogens with zero attached hydrogens (tertiary/aromatic N) is 1. The van der Waals surface area contributed by atoms with Crippen molar-refractivity contribution in [3.8, 4) is 0 Å². The van der Waals surface area contributed by atoms with Gasteiger partial charge in [-0.1, -0.05) is 29.3 Å². The molecule has 1 heterocycles. The Hall–Kier alpha value is -2.77. The number of benzene rings is 2. The van der Waals surface area contributed by atoms with E-state index in [1.165, 1.54) is 4.90 Å². The number of hydrogen-bond acceptors (Lipinski definition) is 5. The van der Waals surface area contributed by atoms with Crippen LogP contribution in [0.1, 0.15) is 53.5 Å². The number of fused-ring (bicyclic) bond motifs is 1. The smallest absolute Gasteiger partial charge is 0.407 e. The highest BCUT2D eigenvalue weighted by molar-refractivity contribution is 6.36. The van der Waals surface area contributed by atoms with Crippen molar-refractivity contribution in [3.63, 3.8) is 0 Å². The SMILES string of the molecule is CC(C)(C)OC(=O)NCCCN1C(=O)c2ccc(NCc3c(Cl)cccc3Cl)cc2C1=O. The number of amides is 3. The highest BCUT2D eigenvalue weighted by Crippen LogP contribution is 2.28. The molecule has 170 valence electrons. The Labute approximate surface area is 197 Å². The van der Waals surface area contributed by atoms with E-state index in [9.17, 15) is 14.4 Å². The fourth-order valence-electron chi connectivity index (χ4n) is 3.24. The Bertz CT molecular complexity index is 1030. The van der Waals surface area contributed by atoms with Crippen LogP contribution in [0, 0.1) is 0 Å². The zero-order valence-electron chi connectivity index (χ0n) is 18.1. The minimum absolute atomic E-state index is 0.195. The molecule has 7 nitrogen and oxygen atoms in total. The minimum Gasteiger partial charge on any atom is -0.444 e. The van der Waals surface area contributed by atoms with Crippen LogP contribution in [-0.4, -0.2) is 41.5 Å². The Kier molecular flexibility index (Phi) is 7.31. The van der Waals surface area contributed by atoms with Crippen molar-refractivity contribution in [2.75, 3.05) is 18.4 Å². The van der Waals surface area contributed by atoms with E-state index in [0.29, 0.717) is 39.8 Å². The largest absolute Gasteiger partial charge is 0.444 e. The second kappa shape index (κ2) is 9.79. The first-order valence-corrected chi connectivity index (χ1v) is 11.0. The molecule has 3 amide bonds. The molecule has 0 unspecified atom stereocenters. The summed E-state index contributed by atoms with van der Waals surface area (Å²) in [7, 11) is 0. The van der Waals surface area contributed by atoms with Crippen LogP contribution in [0.15, 0.2) is 36.4 Å². The number of imide groups is 1. The Morgan fingerprint density at radius 3 is 2.34 bits per heavy atom. The van der Waals surface area contributed by atoms with Crippen molar-refractivity contribution in [2.45, 2.75) is 39.3 Å². The van der Waals surface area contributed by atoms with Crippen LogP contribution in [0.25, 0.3) is 0 Å². The molecule has 2 N–H and O–H groups in total. The predicted molar refractivity (Wildman–Crippen MR) is 124 cm³/mol. The van der Waals surface area contributed by atoms with Crippen molar-refractivity contribution in [1.29, 1.82) is 0 Å². The normalized spacial score (nSPS) is 13.2. The fourth-order valence-corrected chi connectivity index (χ4v) is 3.77. The molecule has 3 rings (SSSR count). The lowest BCUT2D eigenvalue weighted by atomic mass is 10.1. The van der Waals surface area contributed by atoms with Gasteiger partial charge in [-0.2, -0.15) is 0 Å². The first-order chi connectivity index (χ1) is 15.1. The molecule has 0 saturated heterocycles. The lowest BCUT2D eigenvalue weighted by Crippen LogP contribution is -2.36. The van der Waals surface area contributed by atoms with Crippen LogP contribution in [-0.2, 0) is 11.3 Å². The Morgan fingerprint density at radius 2 is 1.69 bits per heavy atom. The van der Waals surface area contributed by atoms with E-state index in [-0.39, 0.29) is 24.9 Å². The molecular weight excluding hydrogens is 453 g/mol. The monoisotopic (exact) mass is 477 g/mol. The summed E-state index contributed by atoms with van der Waals surface area (Å²) in [6, 6.07) is 10.3. The molecule has 32 heavy (non-hydrogen) atoms. The molecule has 0 atom stereocenters. The number of nitrogens with one attached hydrogen (secondary N) is 2. The van der Waals surface area contributed by atoms with Crippen molar-refractivity contribution in [3.05, 3.63) is 63.1 Å². The molecule has 2 aromatic carbocycles. The number of halogens is 2. The van der Waals surface area contributed by atoms with E-state index in [0.717, 1.165) is 5.56 Å². The van der Waals surface area contributed by atoms with Crippen molar-refractivity contribution in [2.24, 2.45) is 0 Å². The van der Waals surface area contributed by atoms with Crippen molar-refractivity contribution in [1.82, 2.24) is 10.2 Å². The molecule has 0 aliphatic carbocycles. The average Bonchev–Trinajstić information content (AvgIpc) is 2.93. The quantitative estimate of drug-likeness (QED) is 0.426. The van der Waals surface area contributed by atoms with Crippen LogP contribution in [0.3, 0.4) is 0 Å². The van der Waals surface area contributed by atoms with E-state index < -0.39 is 11.7 Å². The summed E-state index contributed by atoms with van der Waals surface area (Å²) in [5, 5.41) is 6.91. The maximum absolute atomic E-state index is 12.8. The second-order valence-corrected chi connectivity index (χ2v) is 9.17. The van der Waals surface area contributed by atoms with E-state index >= 15 is 0 Å². The van der Waals surface area contributed by atoms with E-state index in [1.807, 2.05) is 0 Å². The highest BCUT2D eigenvalue weighted by Gasteiger charge is 2.35. The van der Waals surface area contributed by atoms with Gasteiger partial charge in [-0.05, 0) is 57.5 Å². The number of carbonyl (C=O) groups excluding carboxylic acids is 3. The second-order valence-electron chi connectivity index (χ2n) is 8.36. The maximum atomic E-state index is 12.8. The van der Waals surface area contributed by atoms with Gasteiger partial charge in [0.05, 0.1) is 11.1 Å². The van der Waals surface area contributed by atoms with Gasteiger partial charge in [-0.3, -0.25) is 14.5 Å².